The van der Waals surface area contributed by atoms with Crippen molar-refractivity contribution < 1.29 is 24.1 Å². The van der Waals surface area contributed by atoms with Crippen LogP contribution in [0.5, 0.6) is 5.88 Å². The Morgan fingerprint density at radius 3 is 2.62 bits per heavy atom. The minimum atomic E-state index is -1.11. The molecule has 2 aliphatic rings. The van der Waals surface area contributed by atoms with E-state index in [0.717, 1.165) is 18.5 Å². The highest BCUT2D eigenvalue weighted by molar-refractivity contribution is 6.31. The van der Waals surface area contributed by atoms with E-state index in [1.54, 1.807) is 49.6 Å². The van der Waals surface area contributed by atoms with Crippen LogP contribution in [0.4, 0.5) is 10.1 Å². The Balaban J connectivity index is 1.24. The van der Waals surface area contributed by atoms with E-state index in [1.165, 1.54) is 18.2 Å². The van der Waals surface area contributed by atoms with E-state index >= 15 is 0 Å². The second-order valence-corrected chi connectivity index (χ2v) is 12.1. The monoisotopic (exact) mass is 569 g/mol. The van der Waals surface area contributed by atoms with Crippen LogP contribution in [0.15, 0.2) is 30.6 Å². The summed E-state index contributed by atoms with van der Waals surface area (Å²) in [5.74, 6) is 6.21. The number of aryl methyl sites for hydroxylation is 2. The van der Waals surface area contributed by atoms with E-state index in [9.17, 15) is 19.4 Å². The number of benzene rings is 1. The van der Waals surface area contributed by atoms with E-state index in [1.807, 2.05) is 0 Å². The third-order valence-corrected chi connectivity index (χ3v) is 7.93. The maximum Gasteiger partial charge on any atom is 0.274 e. The van der Waals surface area contributed by atoms with Crippen molar-refractivity contribution in [3.05, 3.63) is 58.5 Å². The van der Waals surface area contributed by atoms with Crippen LogP contribution < -0.4 is 10.1 Å². The minimum absolute atomic E-state index is 0.0647. The molecule has 40 heavy (non-hydrogen) atoms. The van der Waals surface area contributed by atoms with Crippen molar-refractivity contribution in [2.45, 2.75) is 56.7 Å². The second kappa shape index (κ2) is 10.5. The molecule has 11 heteroatoms. The molecule has 0 spiro atoms. The number of anilines is 1. The van der Waals surface area contributed by atoms with Gasteiger partial charge in [-0.25, -0.2) is 9.37 Å². The first-order valence-electron chi connectivity index (χ1n) is 13.2. The summed E-state index contributed by atoms with van der Waals surface area (Å²) < 4.78 is 22.4. The highest BCUT2D eigenvalue weighted by Crippen LogP contribution is 2.53. The average Bonchev–Trinajstić information content (AvgIpc) is 3.60. The number of ether oxygens (including phenoxy) is 1. The molecular weight excluding hydrogens is 537 g/mol. The van der Waals surface area contributed by atoms with Crippen LogP contribution in [0.25, 0.3) is 0 Å². The predicted molar refractivity (Wildman–Crippen MR) is 148 cm³/mol. The summed E-state index contributed by atoms with van der Waals surface area (Å²) in [7, 11) is 3.52. The van der Waals surface area contributed by atoms with Gasteiger partial charge in [0.1, 0.15) is 29.4 Å². The molecule has 0 saturated heterocycles. The Labute approximate surface area is 237 Å². The molecule has 1 amide bonds. The van der Waals surface area contributed by atoms with Gasteiger partial charge in [-0.2, -0.15) is 0 Å². The van der Waals surface area contributed by atoms with Crippen molar-refractivity contribution in [3.63, 3.8) is 0 Å². The predicted octanol–water partition coefficient (Wildman–Crippen LogP) is 4.03. The van der Waals surface area contributed by atoms with Crippen molar-refractivity contribution in [1.29, 1.82) is 0 Å². The molecule has 0 aliphatic heterocycles. The summed E-state index contributed by atoms with van der Waals surface area (Å²) in [6, 6.07) is 5.75. The van der Waals surface area contributed by atoms with E-state index < -0.39 is 17.0 Å². The molecule has 5 rings (SSSR count). The number of hydrogen-bond donors (Lipinski definition) is 3. The Kier molecular flexibility index (Phi) is 7.42. The fourth-order valence-corrected chi connectivity index (χ4v) is 6.02. The number of carbonyl (C=O) groups excluding carboxylic acids is 1. The number of nitrogens with zero attached hydrogens (tertiary/aromatic N) is 4. The minimum Gasteiger partial charge on any atom is -0.474 e. The number of amides is 1. The first-order valence-corrected chi connectivity index (χ1v) is 13.6. The number of hydrogen-bond acceptors (Lipinski definition) is 6. The molecule has 3 N–H and O–H groups in total. The molecule has 0 bridgehead atoms. The normalized spacial score (nSPS) is 23.9. The summed E-state index contributed by atoms with van der Waals surface area (Å²) in [5, 5.41) is 28.2. The summed E-state index contributed by atoms with van der Waals surface area (Å²) in [6.07, 6.45) is 4.32. The zero-order valence-electron chi connectivity index (χ0n) is 22.9. The highest BCUT2D eigenvalue weighted by Gasteiger charge is 2.49. The smallest absolute Gasteiger partial charge is 0.274 e. The van der Waals surface area contributed by atoms with Crippen molar-refractivity contribution >= 4 is 23.2 Å². The van der Waals surface area contributed by atoms with Gasteiger partial charge in [0.05, 0.1) is 22.6 Å². The number of carbonyl (C=O) groups is 1. The van der Waals surface area contributed by atoms with Gasteiger partial charge in [0.15, 0.2) is 0 Å². The fourth-order valence-electron chi connectivity index (χ4n) is 5.84. The molecule has 9 nitrogen and oxygen atoms in total. The third-order valence-electron chi connectivity index (χ3n) is 7.64. The van der Waals surface area contributed by atoms with Gasteiger partial charge >= 0.3 is 0 Å². The topological polar surface area (TPSA) is 114 Å². The quantitative estimate of drug-likeness (QED) is 0.386. The van der Waals surface area contributed by atoms with Gasteiger partial charge in [-0.1, -0.05) is 17.5 Å². The maximum absolute atomic E-state index is 13.5. The van der Waals surface area contributed by atoms with Crippen LogP contribution in [0.1, 0.15) is 67.3 Å². The molecule has 2 atom stereocenters. The van der Waals surface area contributed by atoms with Gasteiger partial charge in [-0.15, -0.1) is 5.10 Å². The lowest BCUT2D eigenvalue weighted by molar-refractivity contribution is 0.0266. The van der Waals surface area contributed by atoms with E-state index in [2.05, 4.69) is 27.2 Å². The molecule has 2 aromatic heterocycles. The zero-order chi connectivity index (χ0) is 28.8. The van der Waals surface area contributed by atoms with E-state index in [0.29, 0.717) is 35.8 Å². The summed E-state index contributed by atoms with van der Waals surface area (Å²) >= 11 is 5.87. The number of fused-ring (bicyclic) bond motifs is 1. The Morgan fingerprint density at radius 2 is 1.98 bits per heavy atom. The Bertz CT molecular complexity index is 1480. The first-order chi connectivity index (χ1) is 18.8. The molecule has 3 aromatic rings. The molecule has 2 saturated carbocycles. The van der Waals surface area contributed by atoms with Crippen LogP contribution in [0.3, 0.4) is 0 Å². The lowest BCUT2D eigenvalue weighted by Gasteiger charge is -2.19. The van der Waals surface area contributed by atoms with Crippen LogP contribution in [0.2, 0.25) is 5.02 Å². The molecule has 2 heterocycles. The van der Waals surface area contributed by atoms with Gasteiger partial charge in [-0.05, 0) is 75.5 Å². The highest BCUT2D eigenvalue weighted by atomic mass is 35.5. The first kappa shape index (κ1) is 28.1. The number of aliphatic hydroxyl groups is 2. The molecule has 1 aromatic carbocycles. The van der Waals surface area contributed by atoms with Crippen molar-refractivity contribution in [2.24, 2.45) is 25.9 Å². The number of aromatic nitrogens is 4. The average molecular weight is 570 g/mol. The van der Waals surface area contributed by atoms with Crippen molar-refractivity contribution in [1.82, 2.24) is 19.3 Å². The summed E-state index contributed by atoms with van der Waals surface area (Å²) in [6.45, 7) is 3.41. The van der Waals surface area contributed by atoms with Gasteiger partial charge in [0.25, 0.3) is 5.91 Å². The Hall–Kier alpha value is -3.39. The van der Waals surface area contributed by atoms with Crippen molar-refractivity contribution in [3.8, 4) is 17.7 Å². The molecule has 0 radical (unpaired) electrons. The van der Waals surface area contributed by atoms with Crippen LogP contribution in [-0.2, 0) is 14.1 Å². The number of rotatable bonds is 6. The lowest BCUT2D eigenvalue weighted by Crippen LogP contribution is -2.27. The molecule has 2 unspecified atom stereocenters. The fraction of sp³-hybridized carbons (Fsp3) is 0.483. The summed E-state index contributed by atoms with van der Waals surface area (Å²) in [4.78, 5) is 17.7. The number of nitrogens with one attached hydrogen (secondary N) is 1. The maximum atomic E-state index is 13.5. The van der Waals surface area contributed by atoms with Crippen LogP contribution in [-0.4, -0.2) is 53.3 Å². The third kappa shape index (κ3) is 6.02. The largest absolute Gasteiger partial charge is 0.474 e. The standard InChI is InChI=1S/C29H33ClFN5O4/c1-28(2,38)15-40-24-12-21(36(4)34-24)7-8-29(39)13-18-9-17(10-19(18)14-29)25-26(35(3)16-32-25)27(37)33-20-5-6-23(31)22(30)11-20/h5-6,11-12,16-19,38-39H,9-10,13-15H2,1-4H3,(H,33,37). The number of halogens is 2. The zero-order valence-corrected chi connectivity index (χ0v) is 23.7. The molecular formula is C29H33ClFN5O4. The van der Waals surface area contributed by atoms with E-state index in [-0.39, 0.29) is 35.3 Å². The van der Waals surface area contributed by atoms with E-state index in [4.69, 9.17) is 16.3 Å². The summed E-state index contributed by atoms with van der Waals surface area (Å²) in [5.41, 5.74) is 0.116. The Morgan fingerprint density at radius 1 is 1.27 bits per heavy atom. The van der Waals surface area contributed by atoms with Crippen molar-refractivity contribution in [2.75, 3.05) is 11.9 Å². The van der Waals surface area contributed by atoms with Crippen LogP contribution >= 0.6 is 11.6 Å². The van der Waals surface area contributed by atoms with Gasteiger partial charge in [0.2, 0.25) is 5.88 Å². The van der Waals surface area contributed by atoms with Gasteiger partial charge in [-0.3, -0.25) is 9.48 Å². The number of imidazole rings is 1. The van der Waals surface area contributed by atoms with Gasteiger partial charge in [0, 0.05) is 31.8 Å². The molecule has 2 aliphatic carbocycles. The van der Waals surface area contributed by atoms with Crippen LogP contribution in [0, 0.1) is 29.5 Å². The molecule has 212 valence electrons. The molecule has 2 fully saturated rings. The lowest BCUT2D eigenvalue weighted by atomic mass is 9.92. The SMILES string of the molecule is Cn1cnc(C2CC3CC(O)(C#Cc4cc(OCC(C)(C)O)nn4C)CC3C2)c1C(=O)Nc1ccc(F)c(Cl)c1. The second-order valence-electron chi connectivity index (χ2n) is 11.6. The van der Waals surface area contributed by atoms with Gasteiger partial charge < -0.3 is 24.8 Å².